The molecule has 0 aliphatic rings. The van der Waals surface area contributed by atoms with Crippen molar-refractivity contribution >= 4 is 39.9 Å². The van der Waals surface area contributed by atoms with Crippen LogP contribution in [0.5, 0.6) is 0 Å². The van der Waals surface area contributed by atoms with Crippen LogP contribution in [0.4, 0.5) is 11.4 Å². The van der Waals surface area contributed by atoms with Crippen LogP contribution in [-0.2, 0) is 4.79 Å². The van der Waals surface area contributed by atoms with E-state index in [2.05, 4.69) is 10.3 Å². The quantitative estimate of drug-likeness (QED) is 0.529. The third-order valence-electron chi connectivity index (χ3n) is 2.54. The van der Waals surface area contributed by atoms with E-state index in [0.717, 1.165) is 0 Å². The van der Waals surface area contributed by atoms with E-state index in [-0.39, 0.29) is 11.6 Å². The second-order valence-electron chi connectivity index (χ2n) is 3.81. The maximum absolute atomic E-state index is 11.2. The number of benzene rings is 1. The number of nitrogens with one attached hydrogen (secondary N) is 1. The van der Waals surface area contributed by atoms with Gasteiger partial charge in [0.25, 0.3) is 5.69 Å². The van der Waals surface area contributed by atoms with Crippen LogP contribution in [0.2, 0.25) is 0 Å². The molecule has 0 radical (unpaired) electrons. The van der Waals surface area contributed by atoms with Gasteiger partial charge in [-0.25, -0.2) is 0 Å². The highest BCUT2D eigenvalue weighted by Gasteiger charge is 2.21. The monoisotopic (exact) mass is 277 g/mol. The minimum atomic E-state index is -0.423. The fourth-order valence-corrected chi connectivity index (χ4v) is 2.45. The third-order valence-corrected chi connectivity index (χ3v) is 3.29. The Morgan fingerprint density at radius 1 is 1.53 bits per heavy atom. The van der Waals surface area contributed by atoms with Gasteiger partial charge in [0.2, 0.25) is 5.91 Å². The van der Waals surface area contributed by atoms with E-state index >= 15 is 0 Å². The molecular weight excluding hydrogens is 266 g/mol. The van der Waals surface area contributed by atoms with Gasteiger partial charge in [-0.2, -0.15) is 0 Å². The molecule has 7 heteroatoms. The molecule has 98 valence electrons. The number of hydrogen-bond donors (Lipinski definition) is 1. The Morgan fingerprint density at radius 3 is 2.84 bits per heavy atom. The Morgan fingerprint density at radius 2 is 2.26 bits per heavy atom. The highest BCUT2D eigenvalue weighted by molar-refractivity contribution is 7.98. The SMILES string of the molecule is CSc1cc(NC(C)=O)c2ncccc2c1[N+](=O)[O-]. The van der Waals surface area contributed by atoms with Crippen LogP contribution < -0.4 is 5.32 Å². The minimum absolute atomic E-state index is 0.0182. The fourth-order valence-electron chi connectivity index (χ4n) is 1.84. The van der Waals surface area contributed by atoms with Crippen LogP contribution in [0.25, 0.3) is 10.9 Å². The number of pyridine rings is 1. The lowest BCUT2D eigenvalue weighted by atomic mass is 10.1. The van der Waals surface area contributed by atoms with Crippen molar-refractivity contribution in [3.63, 3.8) is 0 Å². The van der Waals surface area contributed by atoms with Crippen molar-refractivity contribution in [2.75, 3.05) is 11.6 Å². The molecule has 1 aromatic carbocycles. The number of thioether (sulfide) groups is 1. The molecule has 0 bridgehead atoms. The topological polar surface area (TPSA) is 85.1 Å². The molecule has 0 spiro atoms. The molecular formula is C12H11N3O3S. The Bertz CT molecular complexity index is 673. The summed E-state index contributed by atoms with van der Waals surface area (Å²) in [6, 6.07) is 4.85. The number of aromatic nitrogens is 1. The fraction of sp³-hybridized carbons (Fsp3) is 0.167. The van der Waals surface area contributed by atoms with Gasteiger partial charge >= 0.3 is 0 Å². The lowest BCUT2D eigenvalue weighted by molar-refractivity contribution is -0.385. The molecule has 6 nitrogen and oxygen atoms in total. The first kappa shape index (κ1) is 13.3. The van der Waals surface area contributed by atoms with Crippen LogP contribution >= 0.6 is 11.8 Å². The summed E-state index contributed by atoms with van der Waals surface area (Å²) >= 11 is 1.26. The van der Waals surface area contributed by atoms with Crippen molar-refractivity contribution < 1.29 is 9.72 Å². The lowest BCUT2D eigenvalue weighted by Crippen LogP contribution is -2.07. The summed E-state index contributed by atoms with van der Waals surface area (Å²) in [6.45, 7) is 1.38. The molecule has 0 unspecified atom stereocenters. The van der Waals surface area contributed by atoms with E-state index in [1.54, 1.807) is 24.5 Å². The van der Waals surface area contributed by atoms with Crippen LogP contribution in [0.3, 0.4) is 0 Å². The summed E-state index contributed by atoms with van der Waals surface area (Å²) in [5, 5.41) is 14.3. The van der Waals surface area contributed by atoms with Crippen molar-refractivity contribution in [1.82, 2.24) is 4.98 Å². The van der Waals surface area contributed by atoms with Gasteiger partial charge in [0, 0.05) is 13.1 Å². The first-order valence-corrected chi connectivity index (χ1v) is 6.64. The van der Waals surface area contributed by atoms with Gasteiger partial charge in [0.1, 0.15) is 5.52 Å². The number of rotatable bonds is 3. The first-order chi connectivity index (χ1) is 9.04. The third kappa shape index (κ3) is 2.50. The molecule has 19 heavy (non-hydrogen) atoms. The minimum Gasteiger partial charge on any atom is -0.324 e. The molecule has 1 heterocycles. The van der Waals surface area contributed by atoms with Crippen molar-refractivity contribution in [2.45, 2.75) is 11.8 Å². The van der Waals surface area contributed by atoms with Crippen LogP contribution in [0.1, 0.15) is 6.92 Å². The molecule has 0 fully saturated rings. The van der Waals surface area contributed by atoms with Gasteiger partial charge in [0.15, 0.2) is 0 Å². The smallest absolute Gasteiger partial charge is 0.292 e. The number of anilines is 1. The maximum Gasteiger partial charge on any atom is 0.292 e. The molecule has 0 saturated heterocycles. The zero-order valence-electron chi connectivity index (χ0n) is 10.3. The van der Waals surface area contributed by atoms with Crippen molar-refractivity contribution in [2.24, 2.45) is 0 Å². The number of fused-ring (bicyclic) bond motifs is 1. The predicted octanol–water partition coefficient (Wildman–Crippen LogP) is 2.82. The second-order valence-corrected chi connectivity index (χ2v) is 4.66. The number of carbonyl (C=O) groups is 1. The summed E-state index contributed by atoms with van der Waals surface area (Å²) in [6.07, 6.45) is 3.29. The Labute approximate surface area is 113 Å². The molecule has 1 amide bonds. The van der Waals surface area contributed by atoms with E-state index in [1.165, 1.54) is 24.9 Å². The van der Waals surface area contributed by atoms with E-state index in [0.29, 0.717) is 21.5 Å². The predicted molar refractivity (Wildman–Crippen MR) is 74.5 cm³/mol. The summed E-state index contributed by atoms with van der Waals surface area (Å²) in [7, 11) is 0. The molecule has 0 aliphatic carbocycles. The van der Waals surface area contributed by atoms with Gasteiger partial charge in [-0.1, -0.05) is 0 Å². The summed E-state index contributed by atoms with van der Waals surface area (Å²) in [5.41, 5.74) is 0.921. The zero-order chi connectivity index (χ0) is 14.0. The van der Waals surface area contributed by atoms with E-state index in [1.807, 2.05) is 0 Å². The number of hydrogen-bond acceptors (Lipinski definition) is 5. The van der Waals surface area contributed by atoms with Crippen LogP contribution in [-0.4, -0.2) is 22.1 Å². The highest BCUT2D eigenvalue weighted by atomic mass is 32.2. The van der Waals surface area contributed by atoms with E-state index in [9.17, 15) is 14.9 Å². The normalized spacial score (nSPS) is 10.4. The number of nitro benzene ring substituents is 1. The molecule has 0 saturated carbocycles. The average molecular weight is 277 g/mol. The Kier molecular flexibility index (Phi) is 3.66. The summed E-state index contributed by atoms with van der Waals surface area (Å²) in [5.74, 6) is -0.243. The molecule has 1 N–H and O–H groups in total. The Balaban J connectivity index is 2.82. The van der Waals surface area contributed by atoms with Crippen molar-refractivity contribution in [3.8, 4) is 0 Å². The maximum atomic E-state index is 11.2. The lowest BCUT2D eigenvalue weighted by Gasteiger charge is -2.09. The molecule has 1 aromatic heterocycles. The summed E-state index contributed by atoms with van der Waals surface area (Å²) in [4.78, 5) is 26.6. The zero-order valence-corrected chi connectivity index (χ0v) is 11.2. The van der Waals surface area contributed by atoms with E-state index in [4.69, 9.17) is 0 Å². The van der Waals surface area contributed by atoms with E-state index < -0.39 is 4.92 Å². The number of nitrogens with zero attached hydrogens (tertiary/aromatic N) is 2. The summed E-state index contributed by atoms with van der Waals surface area (Å²) < 4.78 is 0. The van der Waals surface area contributed by atoms with Gasteiger partial charge in [-0.15, -0.1) is 11.8 Å². The largest absolute Gasteiger partial charge is 0.324 e. The highest BCUT2D eigenvalue weighted by Crippen LogP contribution is 2.38. The van der Waals surface area contributed by atoms with Gasteiger partial charge in [-0.05, 0) is 24.5 Å². The standard InChI is InChI=1S/C12H11N3O3S/c1-7(16)14-9-6-10(19-2)12(15(17)18)8-4-3-5-13-11(8)9/h3-6H,1-2H3,(H,14,16). The van der Waals surface area contributed by atoms with Gasteiger partial charge < -0.3 is 5.32 Å². The van der Waals surface area contributed by atoms with Crippen molar-refractivity contribution in [1.29, 1.82) is 0 Å². The van der Waals surface area contributed by atoms with Gasteiger partial charge in [0.05, 0.1) is 20.9 Å². The molecule has 2 aromatic rings. The number of carbonyl (C=O) groups excluding carboxylic acids is 1. The van der Waals surface area contributed by atoms with Crippen LogP contribution in [0, 0.1) is 10.1 Å². The molecule has 2 rings (SSSR count). The number of nitro groups is 1. The average Bonchev–Trinajstić information content (AvgIpc) is 2.37. The van der Waals surface area contributed by atoms with Crippen LogP contribution in [0.15, 0.2) is 29.3 Å². The second kappa shape index (κ2) is 5.23. The Hall–Kier alpha value is -2.15. The number of amides is 1. The first-order valence-electron chi connectivity index (χ1n) is 5.42. The van der Waals surface area contributed by atoms with Gasteiger partial charge in [-0.3, -0.25) is 19.9 Å². The molecule has 0 aliphatic heterocycles. The van der Waals surface area contributed by atoms with Crippen molar-refractivity contribution in [3.05, 3.63) is 34.5 Å². The molecule has 0 atom stereocenters.